The van der Waals surface area contributed by atoms with Crippen LogP contribution in [0.5, 0.6) is 0 Å². The van der Waals surface area contributed by atoms with Gasteiger partial charge in [-0.3, -0.25) is 0 Å². The topological polar surface area (TPSA) is 0 Å². The van der Waals surface area contributed by atoms with Crippen LogP contribution in [0.2, 0.25) is 0 Å². The molecule has 2 rings (SSSR count). The van der Waals surface area contributed by atoms with Crippen molar-refractivity contribution in [2.24, 2.45) is 5.41 Å². The van der Waals surface area contributed by atoms with Crippen LogP contribution < -0.4 is 0 Å². The van der Waals surface area contributed by atoms with Crippen molar-refractivity contribution in [3.8, 4) is 0 Å². The zero-order valence-corrected chi connectivity index (χ0v) is 12.5. The highest BCUT2D eigenvalue weighted by Crippen LogP contribution is 2.31. The van der Waals surface area contributed by atoms with Crippen LogP contribution in [0.3, 0.4) is 0 Å². The lowest BCUT2D eigenvalue weighted by atomic mass is 9.87. The molecule has 0 atom stereocenters. The molecular formula is C18H26. The minimum atomic E-state index is 0.163. The van der Waals surface area contributed by atoms with E-state index in [1.165, 1.54) is 29.6 Å². The van der Waals surface area contributed by atoms with Gasteiger partial charge in [0.05, 0.1) is 0 Å². The van der Waals surface area contributed by atoms with E-state index in [-0.39, 0.29) is 5.41 Å². The van der Waals surface area contributed by atoms with Crippen molar-refractivity contribution in [2.45, 2.75) is 47.5 Å². The summed E-state index contributed by atoms with van der Waals surface area (Å²) in [6.45, 7) is 10.7. The van der Waals surface area contributed by atoms with E-state index >= 15 is 0 Å². The molecule has 0 spiro atoms. The Morgan fingerprint density at radius 3 is 2.33 bits per heavy atom. The summed E-state index contributed by atoms with van der Waals surface area (Å²) in [6, 6.07) is 0. The Bertz CT molecular complexity index is 423. The van der Waals surface area contributed by atoms with E-state index in [9.17, 15) is 0 Å². The average molecular weight is 242 g/mol. The van der Waals surface area contributed by atoms with E-state index in [0.29, 0.717) is 0 Å². The summed E-state index contributed by atoms with van der Waals surface area (Å²) in [5.41, 5.74) is 4.51. The molecule has 0 aromatic heterocycles. The SMILES string of the molecule is CC.CC1=CC=C(C2=CC(C)(C)C=CC=C2)CC1. The van der Waals surface area contributed by atoms with Gasteiger partial charge in [0.15, 0.2) is 0 Å². The predicted octanol–water partition coefficient (Wildman–Crippen LogP) is 5.76. The third-order valence-corrected chi connectivity index (χ3v) is 3.17. The van der Waals surface area contributed by atoms with Crippen LogP contribution >= 0.6 is 0 Å². The molecule has 0 aromatic carbocycles. The van der Waals surface area contributed by atoms with Crippen LogP contribution in [0.25, 0.3) is 0 Å². The lowest BCUT2D eigenvalue weighted by molar-refractivity contribution is 0.623. The van der Waals surface area contributed by atoms with Crippen molar-refractivity contribution >= 4 is 0 Å². The van der Waals surface area contributed by atoms with Gasteiger partial charge >= 0.3 is 0 Å². The largest absolute Gasteiger partial charge is 0.0751 e. The molecule has 0 saturated carbocycles. The van der Waals surface area contributed by atoms with E-state index < -0.39 is 0 Å². The summed E-state index contributed by atoms with van der Waals surface area (Å²) < 4.78 is 0. The third kappa shape index (κ3) is 4.18. The highest BCUT2D eigenvalue weighted by atomic mass is 14.2. The lowest BCUT2D eigenvalue weighted by Gasteiger charge is -2.18. The van der Waals surface area contributed by atoms with Crippen LogP contribution in [-0.4, -0.2) is 0 Å². The molecule has 0 fully saturated rings. The molecule has 0 N–H and O–H groups in total. The first kappa shape index (κ1) is 14.8. The van der Waals surface area contributed by atoms with Gasteiger partial charge in [0.2, 0.25) is 0 Å². The standard InChI is InChI=1S/C16H20.C2H6/c1-13-7-9-14(10-8-13)15-6-4-5-11-16(2,3)12-15;1-2/h4-7,9,11-12H,8,10H2,1-3H3;1-2H3. The highest BCUT2D eigenvalue weighted by Gasteiger charge is 2.15. The Labute approximate surface area is 112 Å². The fourth-order valence-corrected chi connectivity index (χ4v) is 2.14. The Morgan fingerprint density at radius 2 is 1.72 bits per heavy atom. The van der Waals surface area contributed by atoms with Gasteiger partial charge < -0.3 is 0 Å². The number of hydrogen-bond acceptors (Lipinski definition) is 0. The molecule has 0 bridgehead atoms. The van der Waals surface area contributed by atoms with Crippen molar-refractivity contribution in [1.29, 1.82) is 0 Å². The zero-order valence-electron chi connectivity index (χ0n) is 12.5. The van der Waals surface area contributed by atoms with Gasteiger partial charge in [-0.15, -0.1) is 0 Å². The summed E-state index contributed by atoms with van der Waals surface area (Å²) >= 11 is 0. The summed E-state index contributed by atoms with van der Waals surface area (Å²) in [5.74, 6) is 0. The normalized spacial score (nSPS) is 21.1. The summed E-state index contributed by atoms with van der Waals surface area (Å²) in [6.07, 6.45) is 18.0. The average Bonchev–Trinajstić information content (AvgIpc) is 2.54. The Balaban J connectivity index is 0.000000771. The van der Waals surface area contributed by atoms with Gasteiger partial charge in [-0.2, -0.15) is 0 Å². The number of hydrogen-bond donors (Lipinski definition) is 0. The predicted molar refractivity (Wildman–Crippen MR) is 82.6 cm³/mol. The fraction of sp³-hybridized carbons (Fsp3) is 0.444. The first-order chi connectivity index (χ1) is 8.57. The lowest BCUT2D eigenvalue weighted by Crippen LogP contribution is -2.04. The Morgan fingerprint density at radius 1 is 1.00 bits per heavy atom. The first-order valence-electron chi connectivity index (χ1n) is 7.02. The maximum absolute atomic E-state index is 2.37. The van der Waals surface area contributed by atoms with Crippen molar-refractivity contribution in [3.05, 3.63) is 59.3 Å². The van der Waals surface area contributed by atoms with Crippen molar-refractivity contribution in [1.82, 2.24) is 0 Å². The van der Waals surface area contributed by atoms with Gasteiger partial charge in [-0.1, -0.05) is 75.8 Å². The molecule has 2 aliphatic carbocycles. The van der Waals surface area contributed by atoms with Gasteiger partial charge in [-0.25, -0.2) is 0 Å². The molecule has 0 aliphatic heterocycles. The van der Waals surface area contributed by atoms with E-state index in [4.69, 9.17) is 0 Å². The van der Waals surface area contributed by atoms with Crippen LogP contribution in [0, 0.1) is 5.41 Å². The zero-order chi connectivity index (χ0) is 13.6. The van der Waals surface area contributed by atoms with E-state index in [0.717, 1.165) is 0 Å². The molecule has 0 nitrogen and oxygen atoms in total. The van der Waals surface area contributed by atoms with Gasteiger partial charge in [0.25, 0.3) is 0 Å². The summed E-state index contributed by atoms with van der Waals surface area (Å²) in [4.78, 5) is 0. The molecule has 0 radical (unpaired) electrons. The smallest absolute Gasteiger partial charge is 0.00166 e. The van der Waals surface area contributed by atoms with Gasteiger partial charge in [-0.05, 0) is 30.9 Å². The van der Waals surface area contributed by atoms with Crippen molar-refractivity contribution < 1.29 is 0 Å². The minimum Gasteiger partial charge on any atom is -0.0751 e. The first-order valence-corrected chi connectivity index (χ1v) is 7.02. The second kappa shape index (κ2) is 6.58. The van der Waals surface area contributed by atoms with E-state index in [2.05, 4.69) is 63.3 Å². The van der Waals surface area contributed by atoms with E-state index in [1.807, 2.05) is 13.8 Å². The van der Waals surface area contributed by atoms with E-state index in [1.54, 1.807) is 0 Å². The highest BCUT2D eigenvalue weighted by molar-refractivity contribution is 5.47. The second-order valence-electron chi connectivity index (χ2n) is 5.34. The van der Waals surface area contributed by atoms with Gasteiger partial charge in [0, 0.05) is 5.41 Å². The fourth-order valence-electron chi connectivity index (χ4n) is 2.14. The molecule has 0 aromatic rings. The van der Waals surface area contributed by atoms with Crippen LogP contribution in [0.1, 0.15) is 47.5 Å². The Hall–Kier alpha value is -1.30. The maximum Gasteiger partial charge on any atom is 0.00166 e. The molecule has 98 valence electrons. The molecular weight excluding hydrogens is 216 g/mol. The number of allylic oxidation sites excluding steroid dienone is 10. The second-order valence-corrected chi connectivity index (χ2v) is 5.34. The monoisotopic (exact) mass is 242 g/mol. The Kier molecular flexibility index (Phi) is 5.40. The van der Waals surface area contributed by atoms with Crippen LogP contribution in [0.4, 0.5) is 0 Å². The number of rotatable bonds is 1. The van der Waals surface area contributed by atoms with Gasteiger partial charge in [0.1, 0.15) is 0 Å². The summed E-state index contributed by atoms with van der Waals surface area (Å²) in [5, 5.41) is 0. The molecule has 0 saturated heterocycles. The van der Waals surface area contributed by atoms with Crippen molar-refractivity contribution in [3.63, 3.8) is 0 Å². The molecule has 2 aliphatic rings. The van der Waals surface area contributed by atoms with Crippen LogP contribution in [0.15, 0.2) is 59.3 Å². The summed E-state index contributed by atoms with van der Waals surface area (Å²) in [7, 11) is 0. The third-order valence-electron chi connectivity index (χ3n) is 3.17. The molecule has 0 amide bonds. The quantitative estimate of drug-likeness (QED) is 0.548. The molecule has 18 heavy (non-hydrogen) atoms. The van der Waals surface area contributed by atoms with Crippen molar-refractivity contribution in [2.75, 3.05) is 0 Å². The molecule has 0 heterocycles. The molecule has 0 heteroatoms. The maximum atomic E-state index is 2.37. The van der Waals surface area contributed by atoms with Crippen LogP contribution in [-0.2, 0) is 0 Å². The minimum absolute atomic E-state index is 0.163. The molecule has 0 unspecified atom stereocenters.